The zero-order chi connectivity index (χ0) is 10.5. The third kappa shape index (κ3) is 2.42. The van der Waals surface area contributed by atoms with Gasteiger partial charge in [0.1, 0.15) is 0 Å². The Bertz CT molecular complexity index is 410. The number of thioether (sulfide) groups is 1. The van der Waals surface area contributed by atoms with Gasteiger partial charge in [0.25, 0.3) is 0 Å². The van der Waals surface area contributed by atoms with Crippen molar-refractivity contribution < 1.29 is 0 Å². The molecule has 76 valence electrons. The smallest absolute Gasteiger partial charge is 0.0111 e. The minimum absolute atomic E-state index is 1.03. The van der Waals surface area contributed by atoms with Crippen molar-refractivity contribution in [1.82, 2.24) is 0 Å². The van der Waals surface area contributed by atoms with Gasteiger partial charge in [-0.15, -0.1) is 11.8 Å². The van der Waals surface area contributed by atoms with Crippen LogP contribution in [-0.2, 0) is 0 Å². The van der Waals surface area contributed by atoms with Crippen molar-refractivity contribution in [2.75, 3.05) is 6.26 Å². The highest BCUT2D eigenvalue weighted by atomic mass is 32.2. The molecule has 1 heteroatoms. The second kappa shape index (κ2) is 5.04. The van der Waals surface area contributed by atoms with E-state index in [1.165, 1.54) is 16.0 Å². The van der Waals surface area contributed by atoms with Gasteiger partial charge in [-0.2, -0.15) is 0 Å². The standard InChI is InChI=1S/C14H14S/c1-15-14-11-7-3-6-10-13(14)12-8-4-2-5-9-12/h2-6,8-11H,7H2,1H3. The molecule has 0 nitrogen and oxygen atoms in total. The van der Waals surface area contributed by atoms with E-state index in [-0.39, 0.29) is 0 Å². The predicted molar refractivity (Wildman–Crippen MR) is 69.8 cm³/mol. The first kappa shape index (κ1) is 10.3. The zero-order valence-corrected chi connectivity index (χ0v) is 9.63. The maximum Gasteiger partial charge on any atom is 0.0111 e. The lowest BCUT2D eigenvalue weighted by atomic mass is 10.1. The SMILES string of the molecule is CSC1=CCC=CC=C1c1ccccc1. The van der Waals surface area contributed by atoms with E-state index in [0.29, 0.717) is 0 Å². The fourth-order valence-electron chi connectivity index (χ4n) is 1.66. The van der Waals surface area contributed by atoms with E-state index in [1.807, 2.05) is 11.8 Å². The summed E-state index contributed by atoms with van der Waals surface area (Å²) in [6.07, 6.45) is 12.0. The molecule has 1 aliphatic carbocycles. The molecule has 0 radical (unpaired) electrons. The molecule has 0 heterocycles. The Balaban J connectivity index is 2.42. The van der Waals surface area contributed by atoms with E-state index >= 15 is 0 Å². The van der Waals surface area contributed by atoms with Crippen LogP contribution in [0.5, 0.6) is 0 Å². The van der Waals surface area contributed by atoms with Crippen molar-refractivity contribution in [3.05, 3.63) is 65.1 Å². The van der Waals surface area contributed by atoms with E-state index in [0.717, 1.165) is 6.42 Å². The molecule has 0 spiro atoms. The quantitative estimate of drug-likeness (QED) is 0.708. The van der Waals surface area contributed by atoms with E-state index in [9.17, 15) is 0 Å². The van der Waals surface area contributed by atoms with Crippen molar-refractivity contribution in [3.63, 3.8) is 0 Å². The van der Waals surface area contributed by atoms with Crippen LogP contribution in [-0.4, -0.2) is 6.26 Å². The second-order valence-electron chi connectivity index (χ2n) is 3.38. The van der Waals surface area contributed by atoms with Gasteiger partial charge in [-0.05, 0) is 23.8 Å². The second-order valence-corrected chi connectivity index (χ2v) is 4.23. The van der Waals surface area contributed by atoms with Gasteiger partial charge >= 0.3 is 0 Å². The summed E-state index contributed by atoms with van der Waals surface area (Å²) in [5.74, 6) is 0. The molecule has 2 rings (SSSR count). The molecule has 0 saturated carbocycles. The molecule has 1 aromatic carbocycles. The minimum atomic E-state index is 1.03. The highest BCUT2D eigenvalue weighted by Crippen LogP contribution is 2.31. The molecule has 0 saturated heterocycles. The van der Waals surface area contributed by atoms with Crippen molar-refractivity contribution in [1.29, 1.82) is 0 Å². The van der Waals surface area contributed by atoms with Crippen molar-refractivity contribution in [2.24, 2.45) is 0 Å². The summed E-state index contributed by atoms with van der Waals surface area (Å²) >= 11 is 1.81. The highest BCUT2D eigenvalue weighted by molar-refractivity contribution is 8.03. The number of rotatable bonds is 2. The minimum Gasteiger partial charge on any atom is -0.129 e. The van der Waals surface area contributed by atoms with Gasteiger partial charge in [0.15, 0.2) is 0 Å². The van der Waals surface area contributed by atoms with Crippen LogP contribution < -0.4 is 0 Å². The number of hydrogen-bond donors (Lipinski definition) is 0. The van der Waals surface area contributed by atoms with Gasteiger partial charge in [0.05, 0.1) is 0 Å². The summed E-state index contributed by atoms with van der Waals surface area (Å²) in [7, 11) is 0. The molecule has 0 unspecified atom stereocenters. The predicted octanol–water partition coefficient (Wildman–Crippen LogP) is 4.28. The van der Waals surface area contributed by atoms with Gasteiger partial charge in [0.2, 0.25) is 0 Å². The molecule has 0 aromatic heterocycles. The monoisotopic (exact) mass is 214 g/mol. The van der Waals surface area contributed by atoms with E-state index in [1.54, 1.807) is 0 Å². The van der Waals surface area contributed by atoms with Gasteiger partial charge in [-0.25, -0.2) is 0 Å². The van der Waals surface area contributed by atoms with Gasteiger partial charge in [0, 0.05) is 4.91 Å². The average molecular weight is 214 g/mol. The third-order valence-corrected chi connectivity index (χ3v) is 3.23. The normalized spacial score (nSPS) is 15.5. The maximum atomic E-state index is 2.28. The van der Waals surface area contributed by atoms with Crippen molar-refractivity contribution in [2.45, 2.75) is 6.42 Å². The van der Waals surface area contributed by atoms with E-state index in [4.69, 9.17) is 0 Å². The first-order valence-corrected chi connectivity index (χ1v) is 6.31. The number of allylic oxidation sites excluding steroid dienone is 5. The Morgan fingerprint density at radius 3 is 2.67 bits per heavy atom. The molecule has 0 fully saturated rings. The van der Waals surface area contributed by atoms with Crippen LogP contribution in [0, 0.1) is 0 Å². The number of benzene rings is 1. The Morgan fingerprint density at radius 1 is 1.13 bits per heavy atom. The zero-order valence-electron chi connectivity index (χ0n) is 8.81. The van der Waals surface area contributed by atoms with Crippen LogP contribution in [0.15, 0.2) is 59.5 Å². The number of hydrogen-bond acceptors (Lipinski definition) is 1. The van der Waals surface area contributed by atoms with Crippen molar-refractivity contribution in [3.8, 4) is 0 Å². The fourth-order valence-corrected chi connectivity index (χ4v) is 2.33. The lowest BCUT2D eigenvalue weighted by molar-refractivity contribution is 1.40. The lowest BCUT2D eigenvalue weighted by Crippen LogP contribution is -1.85. The molecule has 0 amide bonds. The third-order valence-electron chi connectivity index (χ3n) is 2.41. The summed E-state index contributed by atoms with van der Waals surface area (Å²) in [5.41, 5.74) is 2.63. The first-order chi connectivity index (χ1) is 7.42. The van der Waals surface area contributed by atoms with Gasteiger partial charge < -0.3 is 0 Å². The van der Waals surface area contributed by atoms with Gasteiger partial charge in [-0.1, -0.05) is 54.6 Å². The molecule has 0 bridgehead atoms. The molecule has 15 heavy (non-hydrogen) atoms. The van der Waals surface area contributed by atoms with Crippen LogP contribution >= 0.6 is 11.8 Å². The Morgan fingerprint density at radius 2 is 1.93 bits per heavy atom. The van der Waals surface area contributed by atoms with E-state index < -0.39 is 0 Å². The lowest BCUT2D eigenvalue weighted by Gasteiger charge is -2.08. The van der Waals surface area contributed by atoms with E-state index in [2.05, 4.69) is 60.9 Å². The summed E-state index contributed by atoms with van der Waals surface area (Å²) in [5, 5.41) is 0. The molecular formula is C14H14S. The summed E-state index contributed by atoms with van der Waals surface area (Å²) in [6, 6.07) is 10.6. The van der Waals surface area contributed by atoms with Crippen LogP contribution in [0.25, 0.3) is 5.57 Å². The summed E-state index contributed by atoms with van der Waals surface area (Å²) in [4.78, 5) is 1.37. The summed E-state index contributed by atoms with van der Waals surface area (Å²) < 4.78 is 0. The van der Waals surface area contributed by atoms with Crippen LogP contribution in [0.3, 0.4) is 0 Å². The summed E-state index contributed by atoms with van der Waals surface area (Å²) in [6.45, 7) is 0. The van der Waals surface area contributed by atoms with Crippen LogP contribution in [0.1, 0.15) is 12.0 Å². The molecule has 1 aromatic rings. The Kier molecular flexibility index (Phi) is 3.46. The topological polar surface area (TPSA) is 0 Å². The van der Waals surface area contributed by atoms with Crippen LogP contribution in [0.4, 0.5) is 0 Å². The average Bonchev–Trinajstić information content (AvgIpc) is 2.55. The molecule has 0 N–H and O–H groups in total. The largest absolute Gasteiger partial charge is 0.129 e. The fraction of sp³-hybridized carbons (Fsp3) is 0.143. The molecule has 0 atom stereocenters. The highest BCUT2D eigenvalue weighted by Gasteiger charge is 2.06. The molecule has 0 aliphatic heterocycles. The van der Waals surface area contributed by atoms with Gasteiger partial charge in [-0.3, -0.25) is 0 Å². The molecular weight excluding hydrogens is 200 g/mol. The molecule has 1 aliphatic rings. The Hall–Kier alpha value is -1.21. The van der Waals surface area contributed by atoms with Crippen molar-refractivity contribution >= 4 is 17.3 Å². The first-order valence-electron chi connectivity index (χ1n) is 5.08. The Labute approximate surface area is 95.4 Å². The van der Waals surface area contributed by atoms with Crippen LogP contribution in [0.2, 0.25) is 0 Å². The maximum absolute atomic E-state index is 2.28.